The van der Waals surface area contributed by atoms with Gasteiger partial charge in [-0.25, -0.2) is 0 Å². The summed E-state index contributed by atoms with van der Waals surface area (Å²) in [5, 5.41) is 14.4. The summed E-state index contributed by atoms with van der Waals surface area (Å²) in [6.07, 6.45) is 2.17. The molecule has 0 heterocycles. The topological polar surface area (TPSA) is 61.8 Å². The highest BCUT2D eigenvalue weighted by Gasteiger charge is 2.43. The number of rotatable bonds is 5. The zero-order valence-electron chi connectivity index (χ0n) is 14.5. The van der Waals surface area contributed by atoms with Gasteiger partial charge >= 0.3 is 0 Å². The molecule has 3 unspecified atom stereocenters. The summed E-state index contributed by atoms with van der Waals surface area (Å²) in [6.45, 7) is 2.31. The molecule has 1 saturated carbocycles. The summed E-state index contributed by atoms with van der Waals surface area (Å²) >= 11 is 0. The van der Waals surface area contributed by atoms with E-state index in [1.807, 2.05) is 38.4 Å². The number of ether oxygens (including phenoxy) is 1. The molecule has 1 amide bonds. The molecular formula is C18H28N2O3. The van der Waals surface area contributed by atoms with Crippen molar-refractivity contribution in [2.45, 2.75) is 37.8 Å². The largest absolute Gasteiger partial charge is 0.497 e. The average molecular weight is 320 g/mol. The molecule has 0 spiro atoms. The van der Waals surface area contributed by atoms with E-state index in [4.69, 9.17) is 4.74 Å². The predicted molar refractivity (Wildman–Crippen MR) is 90.4 cm³/mol. The van der Waals surface area contributed by atoms with Gasteiger partial charge in [-0.05, 0) is 51.1 Å². The number of hydrogen-bond acceptors (Lipinski definition) is 4. The second kappa shape index (κ2) is 7.32. The fourth-order valence-electron chi connectivity index (χ4n) is 3.61. The molecule has 23 heavy (non-hydrogen) atoms. The third-order valence-corrected chi connectivity index (χ3v) is 4.68. The molecule has 0 bridgehead atoms. The Bertz CT molecular complexity index is 547. The molecule has 1 aliphatic carbocycles. The van der Waals surface area contributed by atoms with E-state index in [2.05, 4.69) is 10.2 Å². The molecule has 3 atom stereocenters. The molecule has 1 aliphatic rings. The van der Waals surface area contributed by atoms with E-state index in [1.165, 1.54) is 0 Å². The maximum absolute atomic E-state index is 11.4. The lowest BCUT2D eigenvalue weighted by molar-refractivity contribution is -0.121. The molecule has 1 aromatic rings. The van der Waals surface area contributed by atoms with Crippen molar-refractivity contribution in [2.24, 2.45) is 5.92 Å². The van der Waals surface area contributed by atoms with Crippen molar-refractivity contribution < 1.29 is 14.6 Å². The maximum atomic E-state index is 11.4. The highest BCUT2D eigenvalue weighted by molar-refractivity contribution is 5.73. The summed E-state index contributed by atoms with van der Waals surface area (Å²) in [5.74, 6) is 0.796. The minimum absolute atomic E-state index is 0.00887. The van der Waals surface area contributed by atoms with Gasteiger partial charge in [0.25, 0.3) is 0 Å². The van der Waals surface area contributed by atoms with Gasteiger partial charge in [0.1, 0.15) is 5.75 Å². The number of aliphatic hydroxyl groups is 1. The van der Waals surface area contributed by atoms with Gasteiger partial charge in [0.05, 0.1) is 12.7 Å². The van der Waals surface area contributed by atoms with Gasteiger partial charge in [-0.15, -0.1) is 0 Å². The molecule has 128 valence electrons. The first kappa shape index (κ1) is 17.8. The van der Waals surface area contributed by atoms with E-state index in [1.54, 1.807) is 14.0 Å². The Hall–Kier alpha value is -1.59. The lowest BCUT2D eigenvalue weighted by Gasteiger charge is -2.44. The molecule has 5 heteroatoms. The second-order valence-corrected chi connectivity index (χ2v) is 6.79. The van der Waals surface area contributed by atoms with E-state index < -0.39 is 5.60 Å². The predicted octanol–water partition coefficient (Wildman–Crippen LogP) is 1.75. The van der Waals surface area contributed by atoms with E-state index in [-0.39, 0.29) is 17.9 Å². The molecule has 1 aromatic carbocycles. The summed E-state index contributed by atoms with van der Waals surface area (Å²) in [5.41, 5.74) is -0.00157. The van der Waals surface area contributed by atoms with Crippen LogP contribution in [0.15, 0.2) is 24.3 Å². The van der Waals surface area contributed by atoms with Gasteiger partial charge in [0.2, 0.25) is 5.91 Å². The highest BCUT2D eigenvalue weighted by Crippen LogP contribution is 2.42. The van der Waals surface area contributed by atoms with Crippen LogP contribution in [0, 0.1) is 5.92 Å². The van der Waals surface area contributed by atoms with Crippen molar-refractivity contribution in [3.05, 3.63) is 29.8 Å². The minimum Gasteiger partial charge on any atom is -0.497 e. The quantitative estimate of drug-likeness (QED) is 0.868. The van der Waals surface area contributed by atoms with E-state index >= 15 is 0 Å². The normalized spacial score (nSPS) is 27.7. The van der Waals surface area contributed by atoms with Crippen LogP contribution < -0.4 is 10.1 Å². The van der Waals surface area contributed by atoms with Gasteiger partial charge < -0.3 is 20.1 Å². The summed E-state index contributed by atoms with van der Waals surface area (Å²) in [4.78, 5) is 13.4. The van der Waals surface area contributed by atoms with Gasteiger partial charge in [-0.1, -0.05) is 12.1 Å². The third kappa shape index (κ3) is 4.24. The minimum atomic E-state index is -0.895. The smallest absolute Gasteiger partial charge is 0.217 e. The molecule has 2 N–H and O–H groups in total. The fourth-order valence-corrected chi connectivity index (χ4v) is 3.61. The fraction of sp³-hybridized carbons (Fsp3) is 0.611. The van der Waals surface area contributed by atoms with E-state index in [9.17, 15) is 9.90 Å². The lowest BCUT2D eigenvalue weighted by atomic mass is 9.69. The van der Waals surface area contributed by atoms with Gasteiger partial charge in [-0.3, -0.25) is 4.79 Å². The first-order valence-electron chi connectivity index (χ1n) is 8.14. The zero-order chi connectivity index (χ0) is 17.0. The van der Waals surface area contributed by atoms with Crippen molar-refractivity contribution in [3.63, 3.8) is 0 Å². The van der Waals surface area contributed by atoms with Crippen molar-refractivity contribution in [3.8, 4) is 5.75 Å². The molecular weight excluding hydrogens is 292 g/mol. The second-order valence-electron chi connectivity index (χ2n) is 6.79. The molecule has 1 fully saturated rings. The number of carbonyl (C=O) groups excluding carboxylic acids is 1. The van der Waals surface area contributed by atoms with E-state index in [0.29, 0.717) is 6.42 Å². The molecule has 5 nitrogen and oxygen atoms in total. The molecule has 2 rings (SSSR count). The van der Waals surface area contributed by atoms with Crippen LogP contribution in [0.3, 0.4) is 0 Å². The van der Waals surface area contributed by atoms with Crippen molar-refractivity contribution in [2.75, 3.05) is 27.7 Å². The number of methoxy groups -OCH3 is 1. The molecule has 0 aromatic heterocycles. The summed E-state index contributed by atoms with van der Waals surface area (Å²) in [7, 11) is 5.65. The Labute approximate surface area is 138 Å². The molecule has 0 saturated heterocycles. The SMILES string of the molecule is COc1cccc(C2(O)CCC(NC(C)=O)CC2CN(C)C)c1. The number of benzene rings is 1. The Morgan fingerprint density at radius 1 is 1.48 bits per heavy atom. The van der Waals surface area contributed by atoms with Crippen molar-refractivity contribution in [1.82, 2.24) is 10.2 Å². The number of hydrogen-bond donors (Lipinski definition) is 2. The third-order valence-electron chi connectivity index (χ3n) is 4.68. The van der Waals surface area contributed by atoms with Gasteiger partial charge in [0.15, 0.2) is 0 Å². The Balaban J connectivity index is 2.27. The number of carbonyl (C=O) groups is 1. The molecule has 0 aliphatic heterocycles. The van der Waals surface area contributed by atoms with Crippen LogP contribution in [0.1, 0.15) is 31.7 Å². The van der Waals surface area contributed by atoms with Crippen LogP contribution in [-0.2, 0) is 10.4 Å². The number of amides is 1. The number of nitrogens with one attached hydrogen (secondary N) is 1. The first-order valence-corrected chi connectivity index (χ1v) is 8.14. The van der Waals surface area contributed by atoms with Crippen LogP contribution in [0.2, 0.25) is 0 Å². The van der Waals surface area contributed by atoms with Crippen molar-refractivity contribution >= 4 is 5.91 Å². The van der Waals surface area contributed by atoms with Crippen LogP contribution in [0.25, 0.3) is 0 Å². The average Bonchev–Trinajstić information content (AvgIpc) is 2.50. The Morgan fingerprint density at radius 2 is 2.22 bits per heavy atom. The maximum Gasteiger partial charge on any atom is 0.217 e. The first-order chi connectivity index (χ1) is 10.8. The van der Waals surface area contributed by atoms with Gasteiger partial charge in [-0.2, -0.15) is 0 Å². The van der Waals surface area contributed by atoms with E-state index in [0.717, 1.165) is 30.7 Å². The standard InChI is InChI=1S/C18H28N2O3/c1-13(21)19-16-8-9-18(22,15(10-16)12-20(2)3)14-6-5-7-17(11-14)23-4/h5-7,11,15-16,22H,8-10,12H2,1-4H3,(H,19,21). The summed E-state index contributed by atoms with van der Waals surface area (Å²) < 4.78 is 5.30. The van der Waals surface area contributed by atoms with Gasteiger partial charge in [0, 0.05) is 25.4 Å². The Morgan fingerprint density at radius 3 is 2.83 bits per heavy atom. The van der Waals surface area contributed by atoms with Crippen LogP contribution in [0.4, 0.5) is 0 Å². The number of nitrogens with zero attached hydrogens (tertiary/aromatic N) is 1. The highest BCUT2D eigenvalue weighted by atomic mass is 16.5. The van der Waals surface area contributed by atoms with Crippen molar-refractivity contribution in [1.29, 1.82) is 0 Å². The summed E-state index contributed by atoms with van der Waals surface area (Å²) in [6, 6.07) is 7.81. The molecule has 0 radical (unpaired) electrons. The monoisotopic (exact) mass is 320 g/mol. The zero-order valence-corrected chi connectivity index (χ0v) is 14.5. The lowest BCUT2D eigenvalue weighted by Crippen LogP contribution is -2.50. The van der Waals surface area contributed by atoms with Crippen LogP contribution >= 0.6 is 0 Å². The Kier molecular flexibility index (Phi) is 5.65. The van der Waals surface area contributed by atoms with Crippen LogP contribution in [0.5, 0.6) is 5.75 Å². The van der Waals surface area contributed by atoms with Crippen LogP contribution in [-0.4, -0.2) is 49.7 Å².